The van der Waals surface area contributed by atoms with Gasteiger partial charge in [0.15, 0.2) is 0 Å². The Morgan fingerprint density at radius 2 is 1.78 bits per heavy atom. The van der Waals surface area contributed by atoms with Gasteiger partial charge in [-0.3, -0.25) is 0 Å². The summed E-state index contributed by atoms with van der Waals surface area (Å²) >= 11 is 0. The minimum atomic E-state index is -3.93. The van der Waals surface area contributed by atoms with Crippen LogP contribution in [-0.2, 0) is 9.05 Å². The average molecular weight is 350 g/mol. The maximum Gasteiger partial charge on any atom is 0.265 e. The van der Waals surface area contributed by atoms with Crippen molar-refractivity contribution in [2.75, 3.05) is 7.11 Å². The van der Waals surface area contributed by atoms with Gasteiger partial charge in [-0.15, -0.1) is 0 Å². The number of benzene rings is 2. The SMILES string of the molecule is COc1cc(C)c2c(ccn2-c2ccccc2C)c1S(=O)(=O)Cl. The van der Waals surface area contributed by atoms with Crippen LogP contribution in [0.3, 0.4) is 0 Å². The van der Waals surface area contributed by atoms with Crippen LogP contribution in [-0.4, -0.2) is 20.1 Å². The molecule has 0 fully saturated rings. The molecule has 1 aromatic heterocycles. The Morgan fingerprint density at radius 1 is 1.09 bits per heavy atom. The van der Waals surface area contributed by atoms with E-state index in [0.29, 0.717) is 5.39 Å². The van der Waals surface area contributed by atoms with Crippen molar-refractivity contribution in [3.05, 3.63) is 53.7 Å². The molecule has 0 aliphatic carbocycles. The van der Waals surface area contributed by atoms with E-state index in [0.717, 1.165) is 22.3 Å². The Bertz CT molecular complexity index is 1010. The molecule has 120 valence electrons. The van der Waals surface area contributed by atoms with Crippen molar-refractivity contribution in [1.29, 1.82) is 0 Å². The van der Waals surface area contributed by atoms with Crippen LogP contribution >= 0.6 is 10.7 Å². The smallest absolute Gasteiger partial charge is 0.265 e. The van der Waals surface area contributed by atoms with Gasteiger partial charge in [-0.25, -0.2) is 8.42 Å². The molecule has 0 saturated carbocycles. The van der Waals surface area contributed by atoms with Gasteiger partial charge in [-0.05, 0) is 43.2 Å². The predicted octanol–water partition coefficient (Wildman–Crippen LogP) is 4.18. The van der Waals surface area contributed by atoms with E-state index in [9.17, 15) is 8.42 Å². The fourth-order valence-electron chi connectivity index (χ4n) is 2.92. The van der Waals surface area contributed by atoms with Gasteiger partial charge >= 0.3 is 0 Å². The predicted molar refractivity (Wildman–Crippen MR) is 92.3 cm³/mol. The van der Waals surface area contributed by atoms with Crippen molar-refractivity contribution in [3.8, 4) is 11.4 Å². The number of fused-ring (bicyclic) bond motifs is 1. The van der Waals surface area contributed by atoms with E-state index in [2.05, 4.69) is 0 Å². The number of para-hydroxylation sites is 1. The number of methoxy groups -OCH3 is 1. The molecule has 0 aliphatic heterocycles. The van der Waals surface area contributed by atoms with Crippen molar-refractivity contribution in [3.63, 3.8) is 0 Å². The third-order valence-electron chi connectivity index (χ3n) is 3.91. The first-order valence-electron chi connectivity index (χ1n) is 7.04. The molecule has 1 heterocycles. The Morgan fingerprint density at radius 3 is 2.39 bits per heavy atom. The molecule has 23 heavy (non-hydrogen) atoms. The highest BCUT2D eigenvalue weighted by molar-refractivity contribution is 8.14. The molecule has 0 spiro atoms. The first kappa shape index (κ1) is 15.9. The molecular formula is C17H16ClNO3S. The number of ether oxygens (including phenoxy) is 1. The Labute approximate surface area is 139 Å². The van der Waals surface area contributed by atoms with E-state index in [-0.39, 0.29) is 10.6 Å². The largest absolute Gasteiger partial charge is 0.495 e. The summed E-state index contributed by atoms with van der Waals surface area (Å²) in [6.45, 7) is 3.93. The lowest BCUT2D eigenvalue weighted by Gasteiger charge is -2.13. The Hall–Kier alpha value is -1.98. The molecular weight excluding hydrogens is 334 g/mol. The third-order valence-corrected chi connectivity index (χ3v) is 5.29. The number of halogens is 1. The van der Waals surface area contributed by atoms with Crippen molar-refractivity contribution < 1.29 is 13.2 Å². The number of hydrogen-bond donors (Lipinski definition) is 0. The molecule has 3 rings (SSSR count). The summed E-state index contributed by atoms with van der Waals surface area (Å²) in [4.78, 5) is 0.00889. The summed E-state index contributed by atoms with van der Waals surface area (Å²) in [6.07, 6.45) is 1.85. The second-order valence-electron chi connectivity index (χ2n) is 5.40. The van der Waals surface area contributed by atoms with Crippen LogP contribution < -0.4 is 4.74 Å². The van der Waals surface area contributed by atoms with Crippen molar-refractivity contribution in [1.82, 2.24) is 4.57 Å². The van der Waals surface area contributed by atoms with Gasteiger partial charge < -0.3 is 9.30 Å². The second-order valence-corrected chi connectivity index (χ2v) is 7.90. The third kappa shape index (κ3) is 2.60. The summed E-state index contributed by atoms with van der Waals surface area (Å²) in [5.74, 6) is 0.257. The molecule has 2 aromatic carbocycles. The monoisotopic (exact) mass is 349 g/mol. The van der Waals surface area contributed by atoms with Gasteiger partial charge in [-0.1, -0.05) is 18.2 Å². The molecule has 0 radical (unpaired) electrons. The molecule has 0 N–H and O–H groups in total. The molecule has 0 aliphatic rings. The van der Waals surface area contributed by atoms with Crippen LogP contribution in [0, 0.1) is 13.8 Å². The van der Waals surface area contributed by atoms with Crippen LogP contribution in [0.4, 0.5) is 0 Å². The maximum atomic E-state index is 12.0. The second kappa shape index (κ2) is 5.58. The molecule has 0 saturated heterocycles. The average Bonchev–Trinajstić information content (AvgIpc) is 2.91. The highest BCUT2D eigenvalue weighted by Gasteiger charge is 2.24. The van der Waals surface area contributed by atoms with E-state index in [4.69, 9.17) is 15.4 Å². The number of aryl methyl sites for hydroxylation is 2. The summed E-state index contributed by atoms with van der Waals surface area (Å²) in [5, 5.41) is 0.556. The zero-order valence-electron chi connectivity index (χ0n) is 13.0. The lowest BCUT2D eigenvalue weighted by Crippen LogP contribution is -2.01. The topological polar surface area (TPSA) is 48.3 Å². The maximum absolute atomic E-state index is 12.0. The number of nitrogens with zero attached hydrogens (tertiary/aromatic N) is 1. The molecule has 0 amide bonds. The Balaban J connectivity index is 2.45. The van der Waals surface area contributed by atoms with E-state index >= 15 is 0 Å². The highest BCUT2D eigenvalue weighted by atomic mass is 35.7. The van der Waals surface area contributed by atoms with Gasteiger partial charge in [0, 0.05) is 28.0 Å². The standard InChI is InChI=1S/C17H16ClNO3S/c1-11-6-4-5-7-14(11)19-9-8-13-16(19)12(2)10-15(22-3)17(13)23(18,20)21/h4-10H,1-3H3. The van der Waals surface area contributed by atoms with Crippen molar-refractivity contribution >= 4 is 30.6 Å². The van der Waals surface area contributed by atoms with Gasteiger partial charge in [0.05, 0.1) is 12.6 Å². The minimum Gasteiger partial charge on any atom is -0.495 e. The molecule has 0 unspecified atom stereocenters. The fraction of sp³-hybridized carbons (Fsp3) is 0.176. The van der Waals surface area contributed by atoms with Crippen molar-refractivity contribution in [2.45, 2.75) is 18.7 Å². The minimum absolute atomic E-state index is 0.00889. The lowest BCUT2D eigenvalue weighted by atomic mass is 10.1. The quantitative estimate of drug-likeness (QED) is 0.666. The number of hydrogen-bond acceptors (Lipinski definition) is 3. The summed E-state index contributed by atoms with van der Waals surface area (Å²) in [6, 6.07) is 11.4. The molecule has 0 bridgehead atoms. The zero-order chi connectivity index (χ0) is 16.8. The first-order chi connectivity index (χ1) is 10.8. The fourth-order valence-corrected chi connectivity index (χ4v) is 4.21. The van der Waals surface area contributed by atoms with Gasteiger partial charge in [0.2, 0.25) is 0 Å². The number of aromatic nitrogens is 1. The lowest BCUT2D eigenvalue weighted by molar-refractivity contribution is 0.404. The van der Waals surface area contributed by atoms with E-state index < -0.39 is 9.05 Å². The van der Waals surface area contributed by atoms with Crippen LogP contribution in [0.25, 0.3) is 16.6 Å². The number of rotatable bonds is 3. The zero-order valence-corrected chi connectivity index (χ0v) is 14.6. The van der Waals surface area contributed by atoms with Crippen LogP contribution in [0.2, 0.25) is 0 Å². The van der Waals surface area contributed by atoms with E-state index in [1.54, 1.807) is 12.1 Å². The van der Waals surface area contributed by atoms with Gasteiger partial charge in [-0.2, -0.15) is 0 Å². The molecule has 0 atom stereocenters. The molecule has 4 nitrogen and oxygen atoms in total. The summed E-state index contributed by atoms with van der Waals surface area (Å²) in [5.41, 5.74) is 3.80. The van der Waals surface area contributed by atoms with E-state index in [1.807, 2.05) is 48.9 Å². The van der Waals surface area contributed by atoms with Crippen LogP contribution in [0.5, 0.6) is 5.75 Å². The van der Waals surface area contributed by atoms with Crippen LogP contribution in [0.1, 0.15) is 11.1 Å². The molecule has 6 heteroatoms. The normalized spacial score (nSPS) is 11.8. The van der Waals surface area contributed by atoms with Gasteiger partial charge in [0.1, 0.15) is 10.6 Å². The summed E-state index contributed by atoms with van der Waals surface area (Å²) < 4.78 is 31.3. The first-order valence-corrected chi connectivity index (χ1v) is 9.35. The molecule has 3 aromatic rings. The summed E-state index contributed by atoms with van der Waals surface area (Å²) in [7, 11) is 3.14. The van der Waals surface area contributed by atoms with E-state index in [1.165, 1.54) is 7.11 Å². The van der Waals surface area contributed by atoms with Crippen LogP contribution in [0.15, 0.2) is 47.5 Å². The Kier molecular flexibility index (Phi) is 3.86. The highest BCUT2D eigenvalue weighted by Crippen LogP contribution is 2.38. The van der Waals surface area contributed by atoms with Crippen molar-refractivity contribution in [2.24, 2.45) is 0 Å². The van der Waals surface area contributed by atoms with Gasteiger partial charge in [0.25, 0.3) is 9.05 Å².